The molecule has 0 aliphatic carbocycles. The molecule has 1 saturated heterocycles. The van der Waals surface area contributed by atoms with E-state index in [4.69, 9.17) is 14.2 Å². The van der Waals surface area contributed by atoms with E-state index in [1.807, 2.05) is 18.2 Å². The van der Waals surface area contributed by atoms with Crippen molar-refractivity contribution >= 4 is 10.8 Å². The molecule has 2 heterocycles. The maximum Gasteiger partial charge on any atom is 0.162 e. The van der Waals surface area contributed by atoms with Crippen molar-refractivity contribution in [1.29, 1.82) is 0 Å². The van der Waals surface area contributed by atoms with Crippen molar-refractivity contribution in [2.75, 3.05) is 25.6 Å². The average Bonchev–Trinajstić information content (AvgIpc) is 3.14. The third-order valence-electron chi connectivity index (χ3n) is 2.72. The summed E-state index contributed by atoms with van der Waals surface area (Å²) in [5, 5.41) is 0. The number of hydrogen-bond donors (Lipinski definition) is 0. The Morgan fingerprint density at radius 3 is 2.76 bits per heavy atom. The van der Waals surface area contributed by atoms with Gasteiger partial charge in [0.05, 0.1) is 42.5 Å². The van der Waals surface area contributed by atoms with Crippen LogP contribution in [0.25, 0.3) is 0 Å². The lowest BCUT2D eigenvalue weighted by Crippen LogP contribution is -2.04. The first-order chi connectivity index (χ1) is 8.33. The molecule has 0 aromatic heterocycles. The van der Waals surface area contributed by atoms with Crippen molar-refractivity contribution in [2.45, 2.75) is 17.4 Å². The Kier molecular flexibility index (Phi) is 3.03. The summed E-state index contributed by atoms with van der Waals surface area (Å²) in [4.78, 5) is 0.782. The second-order valence-corrected chi connectivity index (χ2v) is 5.62. The van der Waals surface area contributed by atoms with Crippen LogP contribution in [0.1, 0.15) is 6.42 Å². The number of benzene rings is 1. The zero-order valence-corrected chi connectivity index (χ0v) is 10.2. The Labute approximate surface area is 102 Å². The molecule has 0 saturated carbocycles. The van der Waals surface area contributed by atoms with Crippen LogP contribution in [-0.4, -0.2) is 35.9 Å². The van der Waals surface area contributed by atoms with Crippen molar-refractivity contribution in [3.8, 4) is 11.5 Å². The van der Waals surface area contributed by atoms with Crippen molar-refractivity contribution in [1.82, 2.24) is 0 Å². The first-order valence-corrected chi connectivity index (χ1v) is 7.04. The van der Waals surface area contributed by atoms with E-state index in [0.717, 1.165) is 23.7 Å². The summed E-state index contributed by atoms with van der Waals surface area (Å²) in [6, 6.07) is 5.49. The minimum absolute atomic E-state index is 0.173. The molecule has 2 aliphatic heterocycles. The van der Waals surface area contributed by atoms with Gasteiger partial charge in [0.15, 0.2) is 11.5 Å². The molecule has 0 spiro atoms. The van der Waals surface area contributed by atoms with Gasteiger partial charge in [-0.25, -0.2) is 0 Å². The van der Waals surface area contributed by atoms with Gasteiger partial charge >= 0.3 is 0 Å². The third-order valence-corrected chi connectivity index (χ3v) is 4.18. The van der Waals surface area contributed by atoms with Gasteiger partial charge in [-0.2, -0.15) is 0 Å². The van der Waals surface area contributed by atoms with Gasteiger partial charge in [0.25, 0.3) is 0 Å². The van der Waals surface area contributed by atoms with Crippen LogP contribution in [0, 0.1) is 0 Å². The van der Waals surface area contributed by atoms with E-state index in [-0.39, 0.29) is 6.10 Å². The lowest BCUT2D eigenvalue weighted by molar-refractivity contribution is 0.297. The van der Waals surface area contributed by atoms with Crippen molar-refractivity contribution in [2.24, 2.45) is 0 Å². The predicted molar refractivity (Wildman–Crippen MR) is 63.1 cm³/mol. The molecule has 3 rings (SSSR count). The van der Waals surface area contributed by atoms with Crippen LogP contribution in [0.2, 0.25) is 0 Å². The Bertz CT molecular complexity index is 442. The van der Waals surface area contributed by atoms with E-state index in [0.29, 0.717) is 24.7 Å². The molecule has 1 aromatic carbocycles. The quantitative estimate of drug-likeness (QED) is 0.764. The van der Waals surface area contributed by atoms with Crippen molar-refractivity contribution in [3.63, 3.8) is 0 Å². The monoisotopic (exact) mass is 254 g/mol. The maximum atomic E-state index is 12.0. The van der Waals surface area contributed by atoms with E-state index in [2.05, 4.69) is 0 Å². The summed E-state index contributed by atoms with van der Waals surface area (Å²) >= 11 is 0. The fraction of sp³-hybridized carbons (Fsp3) is 0.500. The molecular formula is C12H14O4S. The fourth-order valence-corrected chi connectivity index (χ4v) is 2.90. The molecule has 0 bridgehead atoms. The van der Waals surface area contributed by atoms with Crippen LogP contribution < -0.4 is 9.47 Å². The Morgan fingerprint density at radius 2 is 2.00 bits per heavy atom. The molecule has 1 aromatic rings. The van der Waals surface area contributed by atoms with Crippen LogP contribution in [0.5, 0.6) is 11.5 Å². The van der Waals surface area contributed by atoms with Gasteiger partial charge in [-0.15, -0.1) is 0 Å². The number of hydrogen-bond acceptors (Lipinski definition) is 4. The number of ether oxygens (including phenoxy) is 3. The Hall–Kier alpha value is -1.07. The van der Waals surface area contributed by atoms with Crippen LogP contribution in [0.4, 0.5) is 0 Å². The first-order valence-electron chi connectivity index (χ1n) is 5.72. The highest BCUT2D eigenvalue weighted by molar-refractivity contribution is 7.85. The van der Waals surface area contributed by atoms with Crippen LogP contribution in [0.3, 0.4) is 0 Å². The standard InChI is InChI=1S/C12H14O4S/c13-17(8-9-7-16-9)10-2-3-11-12(6-10)15-5-1-4-14-11/h2-3,6,9H,1,4-5,7-8H2. The molecule has 2 atom stereocenters. The zero-order chi connectivity index (χ0) is 11.7. The minimum Gasteiger partial charge on any atom is -0.490 e. The minimum atomic E-state index is -1.02. The molecule has 2 unspecified atom stereocenters. The Balaban J connectivity index is 1.80. The van der Waals surface area contributed by atoms with E-state index < -0.39 is 10.8 Å². The highest BCUT2D eigenvalue weighted by Gasteiger charge is 2.26. The molecule has 17 heavy (non-hydrogen) atoms. The predicted octanol–water partition coefficient (Wildman–Crippen LogP) is 1.35. The smallest absolute Gasteiger partial charge is 0.162 e. The molecule has 2 aliphatic rings. The van der Waals surface area contributed by atoms with Gasteiger partial charge < -0.3 is 14.2 Å². The molecule has 0 N–H and O–H groups in total. The van der Waals surface area contributed by atoms with Crippen molar-refractivity contribution < 1.29 is 18.4 Å². The zero-order valence-electron chi connectivity index (χ0n) is 9.39. The van der Waals surface area contributed by atoms with Gasteiger partial charge in [-0.3, -0.25) is 4.21 Å². The summed E-state index contributed by atoms with van der Waals surface area (Å²) in [5.74, 6) is 2.01. The van der Waals surface area contributed by atoms with Crippen molar-refractivity contribution in [3.05, 3.63) is 18.2 Å². The van der Waals surface area contributed by atoms with E-state index in [9.17, 15) is 4.21 Å². The average molecular weight is 254 g/mol. The summed E-state index contributed by atoms with van der Waals surface area (Å²) in [6.45, 7) is 2.05. The number of fused-ring (bicyclic) bond motifs is 1. The van der Waals surface area contributed by atoms with E-state index >= 15 is 0 Å². The fourth-order valence-electron chi connectivity index (χ4n) is 1.71. The lowest BCUT2D eigenvalue weighted by atomic mass is 10.3. The number of epoxide rings is 1. The van der Waals surface area contributed by atoms with Gasteiger partial charge in [-0.05, 0) is 12.1 Å². The van der Waals surface area contributed by atoms with Crippen LogP contribution in [0.15, 0.2) is 23.1 Å². The van der Waals surface area contributed by atoms with Gasteiger partial charge in [0, 0.05) is 17.4 Å². The first kappa shape index (κ1) is 11.0. The molecule has 4 nitrogen and oxygen atoms in total. The largest absolute Gasteiger partial charge is 0.490 e. The summed E-state index contributed by atoms with van der Waals surface area (Å²) in [6.07, 6.45) is 1.05. The Morgan fingerprint density at radius 1 is 1.24 bits per heavy atom. The van der Waals surface area contributed by atoms with E-state index in [1.54, 1.807) is 0 Å². The van der Waals surface area contributed by atoms with E-state index in [1.165, 1.54) is 0 Å². The van der Waals surface area contributed by atoms with Gasteiger partial charge in [-0.1, -0.05) is 0 Å². The highest BCUT2D eigenvalue weighted by Crippen LogP contribution is 2.31. The summed E-state index contributed by atoms with van der Waals surface area (Å²) in [5.41, 5.74) is 0. The topological polar surface area (TPSA) is 48.1 Å². The third kappa shape index (κ3) is 2.61. The molecule has 0 amide bonds. The van der Waals surface area contributed by atoms with Crippen LogP contribution >= 0.6 is 0 Å². The molecule has 5 heteroatoms. The van der Waals surface area contributed by atoms with Gasteiger partial charge in [0.2, 0.25) is 0 Å². The lowest BCUT2D eigenvalue weighted by Gasteiger charge is -2.08. The SMILES string of the molecule is O=S(CC1CO1)c1ccc2c(c1)OCCCO2. The molecule has 0 radical (unpaired) electrons. The normalized spacial score (nSPS) is 23.9. The second kappa shape index (κ2) is 4.66. The summed E-state index contributed by atoms with van der Waals surface area (Å²) in [7, 11) is -1.02. The highest BCUT2D eigenvalue weighted by atomic mass is 32.2. The molecule has 1 fully saturated rings. The maximum absolute atomic E-state index is 12.0. The van der Waals surface area contributed by atoms with Gasteiger partial charge in [0.1, 0.15) is 0 Å². The number of rotatable bonds is 3. The molecular weight excluding hydrogens is 240 g/mol. The van der Waals surface area contributed by atoms with Crippen LogP contribution in [-0.2, 0) is 15.5 Å². The second-order valence-electron chi connectivity index (χ2n) is 4.13. The summed E-state index contributed by atoms with van der Waals surface area (Å²) < 4.78 is 28.2. The molecule has 92 valence electrons.